The van der Waals surface area contributed by atoms with Gasteiger partial charge in [0, 0.05) is 12.1 Å². The van der Waals surface area contributed by atoms with E-state index >= 15 is 0 Å². The molecule has 1 aromatic carbocycles. The molecule has 0 aliphatic heterocycles. The number of hydrogen-bond acceptors (Lipinski definition) is 2. The summed E-state index contributed by atoms with van der Waals surface area (Å²) >= 11 is 5.60. The minimum Gasteiger partial charge on any atom is -0.479 e. The summed E-state index contributed by atoms with van der Waals surface area (Å²) in [6.07, 6.45) is -5.13. The fraction of sp³-hybridized carbons (Fsp3) is 0.273. The maximum atomic E-state index is 12.3. The van der Waals surface area contributed by atoms with E-state index in [9.17, 15) is 22.8 Å². The molecule has 0 radical (unpaired) electrons. The highest BCUT2D eigenvalue weighted by Gasteiger charge is 2.45. The van der Waals surface area contributed by atoms with Crippen LogP contribution in [0.1, 0.15) is 11.6 Å². The number of aliphatic carboxylic acids is 1. The zero-order valence-electron chi connectivity index (χ0n) is 9.61. The topological polar surface area (TPSA) is 57.6 Å². The van der Waals surface area contributed by atoms with Gasteiger partial charge in [0.25, 0.3) is 0 Å². The van der Waals surface area contributed by atoms with Crippen LogP contribution in [0.2, 0.25) is 5.02 Å². The number of carbonyl (C=O) groups excluding carboxylic acids is 1. The largest absolute Gasteiger partial charge is 0.479 e. The van der Waals surface area contributed by atoms with E-state index in [1.54, 1.807) is 0 Å². The molecule has 1 aromatic rings. The van der Waals surface area contributed by atoms with Gasteiger partial charge in [0.1, 0.15) is 0 Å². The molecule has 1 amide bonds. The lowest BCUT2D eigenvalue weighted by Gasteiger charge is -2.25. The van der Waals surface area contributed by atoms with Crippen LogP contribution in [-0.2, 0) is 9.59 Å². The average Bonchev–Trinajstić information content (AvgIpc) is 2.29. The third-order valence-electron chi connectivity index (χ3n) is 2.37. The number of amides is 1. The van der Waals surface area contributed by atoms with Crippen molar-refractivity contribution in [2.45, 2.75) is 12.2 Å². The second-order valence-corrected chi connectivity index (χ2v) is 4.14. The lowest BCUT2D eigenvalue weighted by molar-refractivity contribution is -0.188. The summed E-state index contributed by atoms with van der Waals surface area (Å²) in [5, 5.41) is 9.29. The highest BCUT2D eigenvalue weighted by molar-refractivity contribution is 6.30. The molecule has 0 bridgehead atoms. The van der Waals surface area contributed by atoms with E-state index in [1.807, 2.05) is 0 Å². The van der Waals surface area contributed by atoms with Crippen LogP contribution in [0.15, 0.2) is 24.3 Å². The minimum atomic E-state index is -5.13. The predicted octanol–water partition coefficient (Wildman–Crippen LogP) is 2.49. The number of rotatable bonds is 3. The molecule has 0 aromatic heterocycles. The number of benzene rings is 1. The zero-order valence-corrected chi connectivity index (χ0v) is 10.4. The Morgan fingerprint density at radius 3 is 2.11 bits per heavy atom. The van der Waals surface area contributed by atoms with E-state index in [1.165, 1.54) is 24.3 Å². The van der Waals surface area contributed by atoms with Crippen molar-refractivity contribution >= 4 is 23.5 Å². The van der Waals surface area contributed by atoms with Crippen molar-refractivity contribution in [3.63, 3.8) is 0 Å². The van der Waals surface area contributed by atoms with Gasteiger partial charge in [-0.25, -0.2) is 4.79 Å². The van der Waals surface area contributed by atoms with Gasteiger partial charge in [-0.3, -0.25) is 4.79 Å². The summed E-state index contributed by atoms with van der Waals surface area (Å²) in [5.41, 5.74) is 0.0250. The molecule has 104 valence electrons. The molecule has 8 heteroatoms. The van der Waals surface area contributed by atoms with E-state index in [-0.39, 0.29) is 10.5 Å². The standard InChI is InChI=1S/C11H9ClF3NO3/c1-16(10(19)11(13,14)15)8(9(17)18)6-2-4-7(12)5-3-6/h2-5,8H,1H3,(H,17,18). The Morgan fingerprint density at radius 2 is 1.74 bits per heavy atom. The maximum absolute atomic E-state index is 12.3. The SMILES string of the molecule is CN(C(=O)C(F)(F)F)C(C(=O)O)c1ccc(Cl)cc1. The second-order valence-electron chi connectivity index (χ2n) is 3.71. The molecule has 0 aliphatic carbocycles. The summed E-state index contributed by atoms with van der Waals surface area (Å²) in [7, 11) is 0.781. The van der Waals surface area contributed by atoms with Crippen LogP contribution in [0.5, 0.6) is 0 Å². The number of nitrogens with zero attached hydrogens (tertiary/aromatic N) is 1. The Hall–Kier alpha value is -1.76. The summed E-state index contributed by atoms with van der Waals surface area (Å²) in [6, 6.07) is 3.44. The number of hydrogen-bond donors (Lipinski definition) is 1. The molecule has 0 heterocycles. The molecular weight excluding hydrogens is 287 g/mol. The van der Waals surface area contributed by atoms with Gasteiger partial charge < -0.3 is 10.0 Å². The Balaban J connectivity index is 3.12. The molecule has 0 fully saturated rings. The van der Waals surface area contributed by atoms with E-state index in [0.717, 1.165) is 7.05 Å². The average molecular weight is 296 g/mol. The van der Waals surface area contributed by atoms with Gasteiger partial charge in [-0.2, -0.15) is 13.2 Å². The van der Waals surface area contributed by atoms with Gasteiger partial charge in [-0.05, 0) is 17.7 Å². The first kappa shape index (κ1) is 15.3. The molecule has 1 N–H and O–H groups in total. The number of halogens is 4. The van der Waals surface area contributed by atoms with Crippen molar-refractivity contribution < 1.29 is 27.9 Å². The van der Waals surface area contributed by atoms with Gasteiger partial charge in [-0.15, -0.1) is 0 Å². The van der Waals surface area contributed by atoms with E-state index in [0.29, 0.717) is 5.02 Å². The van der Waals surface area contributed by atoms with Crippen LogP contribution >= 0.6 is 11.6 Å². The van der Waals surface area contributed by atoms with Gasteiger partial charge in [0.15, 0.2) is 6.04 Å². The van der Waals surface area contributed by atoms with E-state index < -0.39 is 24.1 Å². The molecule has 4 nitrogen and oxygen atoms in total. The van der Waals surface area contributed by atoms with Gasteiger partial charge in [0.05, 0.1) is 0 Å². The molecule has 0 aliphatic rings. The van der Waals surface area contributed by atoms with E-state index in [2.05, 4.69) is 0 Å². The molecule has 1 unspecified atom stereocenters. The van der Waals surface area contributed by atoms with Crippen molar-refractivity contribution in [2.75, 3.05) is 7.05 Å². The third-order valence-corrected chi connectivity index (χ3v) is 2.62. The predicted molar refractivity (Wildman–Crippen MR) is 60.7 cm³/mol. The van der Waals surface area contributed by atoms with Crippen LogP contribution in [0.4, 0.5) is 13.2 Å². The smallest absolute Gasteiger partial charge is 0.471 e. The minimum absolute atomic E-state index is 0.0250. The Bertz CT molecular complexity index is 487. The first-order chi connectivity index (χ1) is 8.64. The second kappa shape index (κ2) is 5.48. The molecular formula is C11H9ClF3NO3. The Kier molecular flexibility index (Phi) is 4.41. The highest BCUT2D eigenvalue weighted by Crippen LogP contribution is 2.26. The van der Waals surface area contributed by atoms with Crippen molar-refractivity contribution in [3.8, 4) is 0 Å². The molecule has 19 heavy (non-hydrogen) atoms. The quantitative estimate of drug-likeness (QED) is 0.932. The summed E-state index contributed by atoms with van der Waals surface area (Å²) in [4.78, 5) is 22.3. The zero-order chi connectivity index (χ0) is 14.8. The number of likely N-dealkylation sites (N-methyl/N-ethyl adjacent to an activating group) is 1. The summed E-state index contributed by atoms with van der Waals surface area (Å²) in [6.45, 7) is 0. The lowest BCUT2D eigenvalue weighted by atomic mass is 10.1. The fourth-order valence-corrected chi connectivity index (χ4v) is 1.62. The van der Waals surface area contributed by atoms with Crippen LogP contribution in [0.25, 0.3) is 0 Å². The van der Waals surface area contributed by atoms with Gasteiger partial charge >= 0.3 is 18.1 Å². The van der Waals surface area contributed by atoms with Crippen molar-refractivity contribution in [2.24, 2.45) is 0 Å². The molecule has 0 saturated heterocycles. The summed E-state index contributed by atoms with van der Waals surface area (Å²) in [5.74, 6) is -3.79. The Morgan fingerprint density at radius 1 is 1.26 bits per heavy atom. The molecule has 0 spiro atoms. The molecule has 1 atom stereocenters. The van der Waals surface area contributed by atoms with Gasteiger partial charge in [0.2, 0.25) is 0 Å². The number of carboxylic acids is 1. The van der Waals surface area contributed by atoms with Crippen molar-refractivity contribution in [1.29, 1.82) is 0 Å². The van der Waals surface area contributed by atoms with E-state index in [4.69, 9.17) is 16.7 Å². The van der Waals surface area contributed by atoms with Crippen LogP contribution < -0.4 is 0 Å². The van der Waals surface area contributed by atoms with Crippen LogP contribution in [0.3, 0.4) is 0 Å². The van der Waals surface area contributed by atoms with Crippen LogP contribution in [0, 0.1) is 0 Å². The van der Waals surface area contributed by atoms with Crippen molar-refractivity contribution in [3.05, 3.63) is 34.9 Å². The number of carboxylic acid groups (broad SMARTS) is 1. The first-order valence-electron chi connectivity index (χ1n) is 4.97. The normalized spacial score (nSPS) is 12.9. The Labute approximate surface area is 111 Å². The van der Waals surface area contributed by atoms with Gasteiger partial charge in [-0.1, -0.05) is 23.7 Å². The highest BCUT2D eigenvalue weighted by atomic mass is 35.5. The summed E-state index contributed by atoms with van der Waals surface area (Å²) < 4.78 is 36.9. The number of carbonyl (C=O) groups is 2. The lowest BCUT2D eigenvalue weighted by Crippen LogP contribution is -2.43. The number of alkyl halides is 3. The maximum Gasteiger partial charge on any atom is 0.471 e. The first-order valence-corrected chi connectivity index (χ1v) is 5.34. The van der Waals surface area contributed by atoms with Crippen molar-refractivity contribution in [1.82, 2.24) is 4.90 Å². The monoisotopic (exact) mass is 295 g/mol. The van der Waals surface area contributed by atoms with Crippen LogP contribution in [-0.4, -0.2) is 35.1 Å². The molecule has 1 rings (SSSR count). The fourth-order valence-electron chi connectivity index (χ4n) is 1.49. The molecule has 0 saturated carbocycles. The third kappa shape index (κ3) is 3.60.